The van der Waals surface area contributed by atoms with Crippen molar-refractivity contribution in [2.75, 3.05) is 11.9 Å². The smallest absolute Gasteiger partial charge is 0.339 e. The third-order valence-corrected chi connectivity index (χ3v) is 5.33. The number of para-hydroxylation sites is 1. The number of esters is 1. The highest BCUT2D eigenvalue weighted by Crippen LogP contribution is 2.30. The molecule has 4 rings (SSSR count). The van der Waals surface area contributed by atoms with Crippen molar-refractivity contribution in [1.29, 1.82) is 5.26 Å². The summed E-state index contributed by atoms with van der Waals surface area (Å²) in [5, 5.41) is 14.5. The van der Waals surface area contributed by atoms with E-state index in [-0.39, 0.29) is 0 Å². The van der Waals surface area contributed by atoms with Gasteiger partial charge in [-0.3, -0.25) is 9.78 Å². The van der Waals surface area contributed by atoms with E-state index in [0.717, 1.165) is 41.4 Å². The van der Waals surface area contributed by atoms with Crippen LogP contribution in [0.4, 0.5) is 5.00 Å². The average molecular weight is 377 g/mol. The number of rotatable bonds is 4. The summed E-state index contributed by atoms with van der Waals surface area (Å²) in [4.78, 5) is 29.5. The maximum absolute atomic E-state index is 12.8. The number of amides is 1. The van der Waals surface area contributed by atoms with Gasteiger partial charge in [0.15, 0.2) is 6.61 Å². The van der Waals surface area contributed by atoms with E-state index in [2.05, 4.69) is 10.3 Å². The number of nitrogens with one attached hydrogen (secondary N) is 1. The van der Waals surface area contributed by atoms with Crippen LogP contribution in [0.25, 0.3) is 10.9 Å². The van der Waals surface area contributed by atoms with Gasteiger partial charge in [-0.1, -0.05) is 18.2 Å². The summed E-state index contributed by atoms with van der Waals surface area (Å²) < 4.78 is 5.29. The van der Waals surface area contributed by atoms with Crippen molar-refractivity contribution in [3.63, 3.8) is 0 Å². The van der Waals surface area contributed by atoms with Crippen LogP contribution in [0.3, 0.4) is 0 Å². The molecule has 2 heterocycles. The van der Waals surface area contributed by atoms with Crippen molar-refractivity contribution in [1.82, 2.24) is 4.98 Å². The molecule has 0 spiro atoms. The van der Waals surface area contributed by atoms with E-state index in [0.29, 0.717) is 16.1 Å². The fraction of sp³-hybridized carbons (Fsp3) is 0.200. The second kappa shape index (κ2) is 7.17. The van der Waals surface area contributed by atoms with Crippen LogP contribution in [0.2, 0.25) is 0 Å². The van der Waals surface area contributed by atoms with Crippen molar-refractivity contribution in [3.8, 4) is 6.07 Å². The van der Waals surface area contributed by atoms with Gasteiger partial charge in [-0.25, -0.2) is 4.79 Å². The van der Waals surface area contributed by atoms with E-state index in [9.17, 15) is 9.59 Å². The highest BCUT2D eigenvalue weighted by Gasteiger charge is 2.25. The fourth-order valence-electron chi connectivity index (χ4n) is 3.30. The molecule has 1 aliphatic carbocycles. The standard InChI is InChI=1S/C20H15N3O3S/c21-10-12-8-9-27-19(12)23-17(24)11-26-20(25)18-13-4-1-2-6-15(13)22-16-7-3-5-14(16)18/h1-2,4,6,8-9H,3,5,7,11H2,(H,23,24). The number of aryl methyl sites for hydroxylation is 1. The molecule has 0 saturated carbocycles. The highest BCUT2D eigenvalue weighted by atomic mass is 32.1. The zero-order valence-electron chi connectivity index (χ0n) is 14.3. The van der Waals surface area contributed by atoms with Gasteiger partial charge in [-0.2, -0.15) is 5.26 Å². The van der Waals surface area contributed by atoms with E-state index >= 15 is 0 Å². The second-order valence-electron chi connectivity index (χ2n) is 6.18. The van der Waals surface area contributed by atoms with Gasteiger partial charge in [0.2, 0.25) is 0 Å². The number of fused-ring (bicyclic) bond motifs is 2. The Morgan fingerprint density at radius 2 is 2.11 bits per heavy atom. The lowest BCUT2D eigenvalue weighted by molar-refractivity contribution is -0.119. The Bertz CT molecular complexity index is 1100. The van der Waals surface area contributed by atoms with E-state index in [1.54, 1.807) is 11.4 Å². The van der Waals surface area contributed by atoms with Crippen molar-refractivity contribution >= 4 is 39.1 Å². The molecular weight excluding hydrogens is 362 g/mol. The number of anilines is 1. The molecule has 1 N–H and O–H groups in total. The largest absolute Gasteiger partial charge is 0.452 e. The van der Waals surface area contributed by atoms with Gasteiger partial charge in [0.25, 0.3) is 5.91 Å². The van der Waals surface area contributed by atoms with Gasteiger partial charge in [0, 0.05) is 11.1 Å². The third-order valence-electron chi connectivity index (χ3n) is 4.50. The maximum atomic E-state index is 12.8. The number of nitrogens with zero attached hydrogens (tertiary/aromatic N) is 2. The number of pyridine rings is 1. The van der Waals surface area contributed by atoms with Crippen molar-refractivity contribution in [3.05, 3.63) is 58.1 Å². The van der Waals surface area contributed by atoms with Gasteiger partial charge >= 0.3 is 5.97 Å². The van der Waals surface area contributed by atoms with Crippen LogP contribution in [0.15, 0.2) is 35.7 Å². The quantitative estimate of drug-likeness (QED) is 0.703. The van der Waals surface area contributed by atoms with Crippen molar-refractivity contribution < 1.29 is 14.3 Å². The fourth-order valence-corrected chi connectivity index (χ4v) is 4.06. The molecule has 7 heteroatoms. The molecule has 0 radical (unpaired) electrons. The Hall–Kier alpha value is -3.24. The number of thiophene rings is 1. The first kappa shape index (κ1) is 17.2. The summed E-state index contributed by atoms with van der Waals surface area (Å²) in [5.74, 6) is -0.995. The molecule has 1 amide bonds. The van der Waals surface area contributed by atoms with Crippen molar-refractivity contribution in [2.45, 2.75) is 19.3 Å². The molecule has 0 bridgehead atoms. The second-order valence-corrected chi connectivity index (χ2v) is 7.10. The predicted octanol–water partition coefficient (Wildman–Crippen LogP) is 3.45. The minimum Gasteiger partial charge on any atom is -0.452 e. The van der Waals surface area contributed by atoms with Crippen molar-refractivity contribution in [2.24, 2.45) is 0 Å². The van der Waals surface area contributed by atoms with Crippen LogP contribution < -0.4 is 5.32 Å². The minimum atomic E-state index is -0.520. The first-order valence-electron chi connectivity index (χ1n) is 8.52. The molecule has 0 saturated heterocycles. The Labute approximate surface area is 159 Å². The van der Waals surface area contributed by atoms with E-state index in [1.807, 2.05) is 30.3 Å². The van der Waals surface area contributed by atoms with Crippen LogP contribution in [-0.2, 0) is 22.4 Å². The molecule has 2 aromatic heterocycles. The van der Waals surface area contributed by atoms with Crippen LogP contribution in [0.1, 0.15) is 33.6 Å². The van der Waals surface area contributed by atoms with Gasteiger partial charge in [0.05, 0.1) is 16.6 Å². The van der Waals surface area contributed by atoms with E-state index in [4.69, 9.17) is 10.00 Å². The third kappa shape index (κ3) is 3.27. The summed E-state index contributed by atoms with van der Waals surface area (Å²) in [5.41, 5.74) is 3.51. The summed E-state index contributed by atoms with van der Waals surface area (Å²) in [6, 6.07) is 11.1. The SMILES string of the molecule is N#Cc1ccsc1NC(=O)COC(=O)c1c2c(nc3ccccc13)CCC2. The van der Waals surface area contributed by atoms with Gasteiger partial charge < -0.3 is 10.1 Å². The molecule has 134 valence electrons. The average Bonchev–Trinajstić information content (AvgIpc) is 3.32. The molecule has 0 fully saturated rings. The van der Waals surface area contributed by atoms with E-state index in [1.165, 1.54) is 11.3 Å². The van der Waals surface area contributed by atoms with Gasteiger partial charge in [0.1, 0.15) is 11.1 Å². The number of hydrogen-bond donors (Lipinski definition) is 1. The lowest BCUT2D eigenvalue weighted by Gasteiger charge is -2.12. The van der Waals surface area contributed by atoms with Crippen LogP contribution >= 0.6 is 11.3 Å². The number of ether oxygens (including phenoxy) is 1. The molecule has 0 unspecified atom stereocenters. The molecule has 0 atom stereocenters. The maximum Gasteiger partial charge on any atom is 0.339 e. The lowest BCUT2D eigenvalue weighted by Crippen LogP contribution is -2.21. The number of benzene rings is 1. The first-order valence-corrected chi connectivity index (χ1v) is 9.40. The van der Waals surface area contributed by atoms with Crippen LogP contribution in [0, 0.1) is 11.3 Å². The Morgan fingerprint density at radius 3 is 2.96 bits per heavy atom. The molecule has 27 heavy (non-hydrogen) atoms. The Balaban J connectivity index is 1.54. The summed E-state index contributed by atoms with van der Waals surface area (Å²) in [7, 11) is 0. The number of carbonyl (C=O) groups is 2. The Kier molecular flexibility index (Phi) is 4.57. The molecule has 0 aliphatic heterocycles. The number of aromatic nitrogens is 1. The number of carbonyl (C=O) groups excluding carboxylic acids is 2. The zero-order chi connectivity index (χ0) is 18.8. The Morgan fingerprint density at radius 1 is 1.26 bits per heavy atom. The molecule has 1 aromatic carbocycles. The van der Waals surface area contributed by atoms with Crippen LogP contribution in [-0.4, -0.2) is 23.5 Å². The summed E-state index contributed by atoms with van der Waals surface area (Å²) in [6.07, 6.45) is 2.58. The lowest BCUT2D eigenvalue weighted by atomic mass is 10.0. The highest BCUT2D eigenvalue weighted by molar-refractivity contribution is 7.14. The summed E-state index contributed by atoms with van der Waals surface area (Å²) in [6.45, 7) is -0.410. The predicted molar refractivity (Wildman–Crippen MR) is 102 cm³/mol. The molecule has 6 nitrogen and oxygen atoms in total. The van der Waals surface area contributed by atoms with Crippen LogP contribution in [0.5, 0.6) is 0 Å². The number of hydrogen-bond acceptors (Lipinski definition) is 6. The zero-order valence-corrected chi connectivity index (χ0v) is 15.1. The van der Waals surface area contributed by atoms with Gasteiger partial charge in [-0.05, 0) is 42.3 Å². The number of nitriles is 1. The minimum absolute atomic E-state index is 0.387. The monoisotopic (exact) mass is 377 g/mol. The normalized spacial score (nSPS) is 12.4. The first-order chi connectivity index (χ1) is 13.2. The van der Waals surface area contributed by atoms with Gasteiger partial charge in [-0.15, -0.1) is 11.3 Å². The topological polar surface area (TPSA) is 92.1 Å². The molecule has 1 aliphatic rings. The molecule has 3 aromatic rings. The summed E-state index contributed by atoms with van der Waals surface area (Å²) >= 11 is 1.25. The molecular formula is C20H15N3O3S. The van der Waals surface area contributed by atoms with E-state index < -0.39 is 18.5 Å².